The molecule has 0 saturated carbocycles. The van der Waals surface area contributed by atoms with Crippen LogP contribution >= 0.6 is 0 Å². The number of rotatable bonds is 6. The lowest BCUT2D eigenvalue weighted by atomic mass is 10.2. The van der Waals surface area contributed by atoms with Gasteiger partial charge in [0.15, 0.2) is 0 Å². The van der Waals surface area contributed by atoms with E-state index in [4.69, 9.17) is 5.21 Å². The normalized spacial score (nSPS) is 10.4. The lowest BCUT2D eigenvalue weighted by Crippen LogP contribution is -2.29. The predicted octanol–water partition coefficient (Wildman–Crippen LogP) is 2.56. The van der Waals surface area contributed by atoms with Crippen LogP contribution in [0.1, 0.15) is 5.56 Å². The summed E-state index contributed by atoms with van der Waals surface area (Å²) in [5.74, 6) is -0.0940. The summed E-state index contributed by atoms with van der Waals surface area (Å²) in [6.45, 7) is 1.01. The van der Waals surface area contributed by atoms with E-state index in [9.17, 15) is 4.79 Å². The molecule has 0 radical (unpaired) electrons. The molecule has 0 heterocycles. The van der Waals surface area contributed by atoms with Gasteiger partial charge in [0.2, 0.25) is 5.91 Å². The molecule has 21 heavy (non-hydrogen) atoms. The van der Waals surface area contributed by atoms with Crippen LogP contribution in [0.5, 0.6) is 0 Å². The molecule has 1 amide bonds. The van der Waals surface area contributed by atoms with Gasteiger partial charge in [-0.3, -0.25) is 20.4 Å². The lowest BCUT2D eigenvalue weighted by molar-refractivity contribution is -0.117. The highest BCUT2D eigenvalue weighted by Gasteiger charge is 2.07. The van der Waals surface area contributed by atoms with Crippen LogP contribution in [0, 0.1) is 0 Å². The fourth-order valence-electron chi connectivity index (χ4n) is 2.06. The fraction of sp³-hybridized carbons (Fsp3) is 0.188. The van der Waals surface area contributed by atoms with Crippen LogP contribution in [0.2, 0.25) is 0 Å². The maximum Gasteiger partial charge on any atom is 0.238 e. The molecule has 5 heteroatoms. The van der Waals surface area contributed by atoms with Crippen molar-refractivity contribution < 1.29 is 10.0 Å². The molecular weight excluding hydrogens is 266 g/mol. The van der Waals surface area contributed by atoms with E-state index in [-0.39, 0.29) is 5.91 Å². The number of carbonyl (C=O) groups is 1. The minimum Gasteiger partial charge on any atom is -0.325 e. The van der Waals surface area contributed by atoms with Crippen LogP contribution in [0.15, 0.2) is 54.6 Å². The van der Waals surface area contributed by atoms with Crippen molar-refractivity contribution >= 4 is 17.3 Å². The van der Waals surface area contributed by atoms with Crippen molar-refractivity contribution in [2.75, 3.05) is 24.4 Å². The number of carbonyl (C=O) groups excluding carboxylic acids is 1. The Morgan fingerprint density at radius 2 is 1.81 bits per heavy atom. The third-order valence-electron chi connectivity index (χ3n) is 2.98. The Balaban J connectivity index is 1.86. The van der Waals surface area contributed by atoms with E-state index in [2.05, 4.69) is 10.8 Å². The first-order chi connectivity index (χ1) is 10.2. The summed E-state index contributed by atoms with van der Waals surface area (Å²) in [5, 5.41) is 11.6. The molecule has 110 valence electrons. The summed E-state index contributed by atoms with van der Waals surface area (Å²) < 4.78 is 0. The molecule has 2 aromatic rings. The van der Waals surface area contributed by atoms with Crippen LogP contribution in [0.3, 0.4) is 0 Å². The van der Waals surface area contributed by atoms with Gasteiger partial charge in [0, 0.05) is 12.2 Å². The molecule has 0 aliphatic carbocycles. The number of amides is 1. The molecule has 0 aliphatic rings. The summed E-state index contributed by atoms with van der Waals surface area (Å²) in [7, 11) is 1.90. The molecule has 2 aromatic carbocycles. The van der Waals surface area contributed by atoms with E-state index in [0.29, 0.717) is 24.5 Å². The van der Waals surface area contributed by atoms with Gasteiger partial charge in [-0.05, 0) is 30.8 Å². The zero-order valence-corrected chi connectivity index (χ0v) is 11.9. The number of nitrogens with zero attached hydrogens (tertiary/aromatic N) is 1. The van der Waals surface area contributed by atoms with Gasteiger partial charge >= 0.3 is 0 Å². The molecule has 0 fully saturated rings. The zero-order chi connectivity index (χ0) is 15.1. The van der Waals surface area contributed by atoms with Crippen molar-refractivity contribution in [1.29, 1.82) is 0 Å². The lowest BCUT2D eigenvalue weighted by Gasteiger charge is -2.16. The van der Waals surface area contributed by atoms with E-state index in [0.717, 1.165) is 0 Å². The van der Waals surface area contributed by atoms with Crippen molar-refractivity contribution in [2.24, 2.45) is 0 Å². The second kappa shape index (κ2) is 7.42. The van der Waals surface area contributed by atoms with E-state index in [1.807, 2.05) is 42.3 Å². The molecule has 0 spiro atoms. The standard InChI is InChI=1S/C16H19N3O2/c1-19(11-13-6-3-2-4-7-13)12-16(20)17-14-8-5-9-15(10-14)18-21/h2-10,18,21H,11-12H2,1H3,(H,17,20). The Kier molecular flexibility index (Phi) is 5.31. The van der Waals surface area contributed by atoms with Crippen molar-refractivity contribution in [3.63, 3.8) is 0 Å². The SMILES string of the molecule is CN(CC(=O)Nc1cccc(NO)c1)Cc1ccccc1. The number of hydrogen-bond donors (Lipinski definition) is 3. The summed E-state index contributed by atoms with van der Waals surface area (Å²) in [4.78, 5) is 13.9. The fourth-order valence-corrected chi connectivity index (χ4v) is 2.06. The molecule has 0 saturated heterocycles. The monoisotopic (exact) mass is 285 g/mol. The van der Waals surface area contributed by atoms with Crippen LogP contribution in [-0.4, -0.2) is 29.6 Å². The molecule has 0 unspecified atom stereocenters. The molecule has 0 aliphatic heterocycles. The maximum absolute atomic E-state index is 12.0. The smallest absolute Gasteiger partial charge is 0.238 e. The van der Waals surface area contributed by atoms with Crippen LogP contribution in [0.4, 0.5) is 11.4 Å². The zero-order valence-electron chi connectivity index (χ0n) is 11.9. The Bertz CT molecular complexity index is 587. The third kappa shape index (κ3) is 4.91. The second-order valence-electron chi connectivity index (χ2n) is 4.90. The highest BCUT2D eigenvalue weighted by molar-refractivity contribution is 5.92. The molecule has 0 bridgehead atoms. The van der Waals surface area contributed by atoms with Crippen molar-refractivity contribution in [3.05, 3.63) is 60.2 Å². The average Bonchev–Trinajstić information content (AvgIpc) is 2.48. The number of hydrogen-bond acceptors (Lipinski definition) is 4. The van der Waals surface area contributed by atoms with Crippen LogP contribution in [-0.2, 0) is 11.3 Å². The Hall–Kier alpha value is -2.37. The van der Waals surface area contributed by atoms with Gasteiger partial charge in [-0.1, -0.05) is 36.4 Å². The van der Waals surface area contributed by atoms with E-state index >= 15 is 0 Å². The largest absolute Gasteiger partial charge is 0.325 e. The summed E-state index contributed by atoms with van der Waals surface area (Å²) >= 11 is 0. The van der Waals surface area contributed by atoms with Gasteiger partial charge in [-0.2, -0.15) is 0 Å². The number of likely N-dealkylation sites (N-methyl/N-ethyl adjacent to an activating group) is 1. The van der Waals surface area contributed by atoms with E-state index in [1.54, 1.807) is 24.3 Å². The molecule has 5 nitrogen and oxygen atoms in total. The van der Waals surface area contributed by atoms with Crippen LogP contribution in [0.25, 0.3) is 0 Å². The topological polar surface area (TPSA) is 64.6 Å². The summed E-state index contributed by atoms with van der Waals surface area (Å²) in [6.07, 6.45) is 0. The predicted molar refractivity (Wildman–Crippen MR) is 83.3 cm³/mol. The summed E-state index contributed by atoms with van der Waals surface area (Å²) in [6, 6.07) is 16.9. The Morgan fingerprint density at radius 3 is 2.52 bits per heavy atom. The first-order valence-electron chi connectivity index (χ1n) is 6.70. The van der Waals surface area contributed by atoms with E-state index in [1.165, 1.54) is 5.56 Å². The van der Waals surface area contributed by atoms with Gasteiger partial charge < -0.3 is 5.32 Å². The summed E-state index contributed by atoms with van der Waals surface area (Å²) in [5.41, 5.74) is 4.40. The average molecular weight is 285 g/mol. The Morgan fingerprint density at radius 1 is 1.10 bits per heavy atom. The van der Waals surface area contributed by atoms with E-state index < -0.39 is 0 Å². The highest BCUT2D eigenvalue weighted by atomic mass is 16.5. The minimum atomic E-state index is -0.0940. The molecular formula is C16H19N3O2. The number of benzene rings is 2. The molecule has 0 aromatic heterocycles. The van der Waals surface area contributed by atoms with Crippen molar-refractivity contribution in [1.82, 2.24) is 4.90 Å². The van der Waals surface area contributed by atoms with Gasteiger partial charge in [-0.25, -0.2) is 0 Å². The molecule has 3 N–H and O–H groups in total. The second-order valence-corrected chi connectivity index (χ2v) is 4.90. The first-order valence-corrected chi connectivity index (χ1v) is 6.70. The van der Waals surface area contributed by atoms with Crippen molar-refractivity contribution in [3.8, 4) is 0 Å². The van der Waals surface area contributed by atoms with Crippen LogP contribution < -0.4 is 10.8 Å². The van der Waals surface area contributed by atoms with Gasteiger partial charge in [0.25, 0.3) is 0 Å². The van der Waals surface area contributed by atoms with Gasteiger partial charge in [0.05, 0.1) is 12.2 Å². The Labute approximate surface area is 124 Å². The van der Waals surface area contributed by atoms with Gasteiger partial charge in [-0.15, -0.1) is 0 Å². The quantitative estimate of drug-likeness (QED) is 0.714. The number of nitrogens with one attached hydrogen (secondary N) is 2. The van der Waals surface area contributed by atoms with Crippen molar-refractivity contribution in [2.45, 2.75) is 6.54 Å². The highest BCUT2D eigenvalue weighted by Crippen LogP contribution is 2.14. The van der Waals surface area contributed by atoms with Gasteiger partial charge in [0.1, 0.15) is 0 Å². The third-order valence-corrected chi connectivity index (χ3v) is 2.98. The molecule has 0 atom stereocenters. The maximum atomic E-state index is 12.0. The minimum absolute atomic E-state index is 0.0940. The first kappa shape index (κ1) is 15.0. The number of anilines is 2. The molecule has 2 rings (SSSR count).